The number of amides is 1. The molecule has 4 rings (SSSR count). The van der Waals surface area contributed by atoms with Crippen molar-refractivity contribution in [3.8, 4) is 11.1 Å². The van der Waals surface area contributed by atoms with Crippen LogP contribution in [0.15, 0.2) is 30.3 Å². The summed E-state index contributed by atoms with van der Waals surface area (Å²) in [5.41, 5.74) is 6.89. The van der Waals surface area contributed by atoms with Gasteiger partial charge in [0.15, 0.2) is 0 Å². The molecule has 1 amide bonds. The predicted molar refractivity (Wildman–Crippen MR) is 86.0 cm³/mol. The summed E-state index contributed by atoms with van der Waals surface area (Å²) >= 11 is 6.47. The second kappa shape index (κ2) is 4.60. The number of hydrogen-bond donors (Lipinski definition) is 0. The molecule has 2 aromatic rings. The summed E-state index contributed by atoms with van der Waals surface area (Å²) in [5.74, 6) is 0.235. The molecule has 0 atom stereocenters. The summed E-state index contributed by atoms with van der Waals surface area (Å²) in [6.45, 7) is 2.89. The molecule has 21 heavy (non-hydrogen) atoms. The Labute approximate surface area is 129 Å². The van der Waals surface area contributed by atoms with Crippen LogP contribution in [0.2, 0.25) is 5.02 Å². The van der Waals surface area contributed by atoms with Gasteiger partial charge in [0.2, 0.25) is 5.91 Å². The molecule has 0 spiro atoms. The van der Waals surface area contributed by atoms with E-state index in [1.54, 1.807) is 0 Å². The summed E-state index contributed by atoms with van der Waals surface area (Å²) in [4.78, 5) is 14.1. The highest BCUT2D eigenvalue weighted by molar-refractivity contribution is 6.34. The Bertz CT molecular complexity index is 766. The molecule has 0 aliphatic carbocycles. The monoisotopic (exact) mass is 297 g/mol. The van der Waals surface area contributed by atoms with Gasteiger partial charge in [-0.05, 0) is 54.2 Å². The molecule has 0 saturated heterocycles. The number of nitrogens with zero attached hydrogens (tertiary/aromatic N) is 1. The lowest BCUT2D eigenvalue weighted by Crippen LogP contribution is -2.31. The zero-order valence-electron chi connectivity index (χ0n) is 11.9. The Kier molecular flexibility index (Phi) is 2.83. The van der Waals surface area contributed by atoms with Gasteiger partial charge in [-0.2, -0.15) is 0 Å². The van der Waals surface area contributed by atoms with Crippen LogP contribution in [0.1, 0.15) is 23.1 Å². The molecule has 0 unspecified atom stereocenters. The van der Waals surface area contributed by atoms with Crippen molar-refractivity contribution < 1.29 is 4.79 Å². The molecular weight excluding hydrogens is 282 g/mol. The summed E-state index contributed by atoms with van der Waals surface area (Å²) in [5, 5.41) is 0.807. The number of carbonyl (C=O) groups excluding carboxylic acids is 1. The molecule has 0 aromatic heterocycles. The minimum atomic E-state index is 0.235. The zero-order chi connectivity index (χ0) is 14.6. The van der Waals surface area contributed by atoms with Gasteiger partial charge in [-0.15, -0.1) is 0 Å². The molecule has 3 heteroatoms. The lowest BCUT2D eigenvalue weighted by Gasteiger charge is -2.26. The van der Waals surface area contributed by atoms with Crippen LogP contribution < -0.4 is 4.90 Å². The number of benzene rings is 2. The highest BCUT2D eigenvalue weighted by Crippen LogP contribution is 2.41. The van der Waals surface area contributed by atoms with Gasteiger partial charge in [0.1, 0.15) is 0 Å². The topological polar surface area (TPSA) is 20.3 Å². The van der Waals surface area contributed by atoms with Gasteiger partial charge in [-0.25, -0.2) is 0 Å². The largest absolute Gasteiger partial charge is 0.312 e. The maximum Gasteiger partial charge on any atom is 0.231 e. The van der Waals surface area contributed by atoms with Crippen LogP contribution in [0.5, 0.6) is 0 Å². The third kappa shape index (κ3) is 1.90. The number of anilines is 1. The number of rotatable bonds is 1. The first kappa shape index (κ1) is 12.9. The van der Waals surface area contributed by atoms with Crippen LogP contribution in [0.3, 0.4) is 0 Å². The van der Waals surface area contributed by atoms with Gasteiger partial charge in [0.25, 0.3) is 0 Å². The van der Waals surface area contributed by atoms with Gasteiger partial charge >= 0.3 is 0 Å². The molecule has 0 radical (unpaired) electrons. The Balaban J connectivity index is 1.92. The average molecular weight is 298 g/mol. The van der Waals surface area contributed by atoms with E-state index in [2.05, 4.69) is 18.2 Å². The lowest BCUT2D eigenvalue weighted by atomic mass is 9.93. The van der Waals surface area contributed by atoms with Crippen molar-refractivity contribution in [2.45, 2.75) is 26.2 Å². The molecule has 2 aliphatic rings. The Morgan fingerprint density at radius 2 is 2.00 bits per heavy atom. The van der Waals surface area contributed by atoms with E-state index >= 15 is 0 Å². The molecule has 106 valence electrons. The van der Waals surface area contributed by atoms with Crippen molar-refractivity contribution >= 4 is 23.2 Å². The van der Waals surface area contributed by atoms with E-state index in [9.17, 15) is 4.79 Å². The van der Waals surface area contributed by atoms with Crippen molar-refractivity contribution in [1.29, 1.82) is 0 Å². The van der Waals surface area contributed by atoms with E-state index in [1.807, 2.05) is 24.0 Å². The quantitative estimate of drug-likeness (QED) is 0.774. The smallest absolute Gasteiger partial charge is 0.231 e. The van der Waals surface area contributed by atoms with Crippen LogP contribution in [0.25, 0.3) is 11.1 Å². The third-order valence-electron chi connectivity index (χ3n) is 4.51. The van der Waals surface area contributed by atoms with E-state index in [1.165, 1.54) is 11.3 Å². The van der Waals surface area contributed by atoms with Gasteiger partial charge in [0, 0.05) is 12.1 Å². The van der Waals surface area contributed by atoms with Crippen molar-refractivity contribution in [2.24, 2.45) is 0 Å². The highest BCUT2D eigenvalue weighted by Gasteiger charge is 2.32. The van der Waals surface area contributed by atoms with Crippen LogP contribution >= 0.6 is 11.6 Å². The fourth-order valence-corrected chi connectivity index (χ4v) is 3.74. The lowest BCUT2D eigenvalue weighted by molar-refractivity contribution is -0.117. The fraction of sp³-hybridized carbons (Fsp3) is 0.278. The molecule has 2 heterocycles. The standard InChI is InChI=1S/C18H16ClNO/c1-11-4-2-6-15(17(11)19)13-8-12-5-3-7-20-16(21)10-14(9-13)18(12)20/h2,4,6,8-9H,3,5,7,10H2,1H3. The summed E-state index contributed by atoms with van der Waals surface area (Å²) in [6, 6.07) is 10.5. The summed E-state index contributed by atoms with van der Waals surface area (Å²) < 4.78 is 0. The van der Waals surface area contributed by atoms with E-state index in [0.717, 1.165) is 46.7 Å². The normalized spacial score (nSPS) is 16.3. The summed E-state index contributed by atoms with van der Waals surface area (Å²) in [7, 11) is 0. The maximum atomic E-state index is 12.1. The van der Waals surface area contributed by atoms with Crippen molar-refractivity contribution in [3.05, 3.63) is 52.0 Å². The van der Waals surface area contributed by atoms with E-state index in [-0.39, 0.29) is 5.91 Å². The Hall–Kier alpha value is -1.80. The van der Waals surface area contributed by atoms with E-state index in [0.29, 0.717) is 6.42 Å². The van der Waals surface area contributed by atoms with Crippen LogP contribution in [-0.2, 0) is 17.6 Å². The third-order valence-corrected chi connectivity index (χ3v) is 5.01. The van der Waals surface area contributed by atoms with Crippen LogP contribution in [0, 0.1) is 6.92 Å². The molecule has 0 N–H and O–H groups in total. The first-order chi connectivity index (χ1) is 10.1. The molecule has 0 fully saturated rings. The van der Waals surface area contributed by atoms with Crippen LogP contribution in [0.4, 0.5) is 5.69 Å². The SMILES string of the molecule is Cc1cccc(-c2cc3c4c(c2)CC(=O)N4CCC3)c1Cl. The Morgan fingerprint density at radius 1 is 1.19 bits per heavy atom. The second-order valence-electron chi connectivity index (χ2n) is 5.91. The minimum absolute atomic E-state index is 0.235. The van der Waals surface area contributed by atoms with Gasteiger partial charge in [-0.3, -0.25) is 4.79 Å². The van der Waals surface area contributed by atoms with E-state index in [4.69, 9.17) is 11.6 Å². The fourth-order valence-electron chi connectivity index (χ4n) is 3.51. The first-order valence-electron chi connectivity index (χ1n) is 7.37. The van der Waals surface area contributed by atoms with Crippen molar-refractivity contribution in [3.63, 3.8) is 0 Å². The molecule has 2 nitrogen and oxygen atoms in total. The first-order valence-corrected chi connectivity index (χ1v) is 7.74. The molecule has 2 aromatic carbocycles. The molecule has 0 saturated carbocycles. The summed E-state index contributed by atoms with van der Waals surface area (Å²) in [6.07, 6.45) is 2.62. The second-order valence-corrected chi connectivity index (χ2v) is 6.28. The minimum Gasteiger partial charge on any atom is -0.312 e. The molecule has 2 aliphatic heterocycles. The average Bonchev–Trinajstić information content (AvgIpc) is 2.80. The van der Waals surface area contributed by atoms with Crippen molar-refractivity contribution in [2.75, 3.05) is 11.4 Å². The molecular formula is C18H16ClNO. The number of halogens is 1. The van der Waals surface area contributed by atoms with Gasteiger partial charge in [0.05, 0.1) is 17.1 Å². The van der Waals surface area contributed by atoms with Gasteiger partial charge in [-0.1, -0.05) is 29.8 Å². The Morgan fingerprint density at radius 3 is 2.86 bits per heavy atom. The van der Waals surface area contributed by atoms with Gasteiger partial charge < -0.3 is 4.90 Å². The van der Waals surface area contributed by atoms with E-state index < -0.39 is 0 Å². The number of aryl methyl sites for hydroxylation is 2. The highest BCUT2D eigenvalue weighted by atomic mass is 35.5. The molecule has 0 bridgehead atoms. The maximum absolute atomic E-state index is 12.1. The van der Waals surface area contributed by atoms with Crippen LogP contribution in [-0.4, -0.2) is 12.5 Å². The predicted octanol–water partition coefficient (Wildman–Crippen LogP) is 4.15. The number of hydrogen-bond acceptors (Lipinski definition) is 1. The zero-order valence-corrected chi connectivity index (χ0v) is 12.7. The van der Waals surface area contributed by atoms with Crippen molar-refractivity contribution in [1.82, 2.24) is 0 Å². The number of carbonyl (C=O) groups is 1.